The summed E-state index contributed by atoms with van der Waals surface area (Å²) >= 11 is 0. The predicted molar refractivity (Wildman–Crippen MR) is 113 cm³/mol. The van der Waals surface area contributed by atoms with Gasteiger partial charge in [0.1, 0.15) is 5.75 Å². The van der Waals surface area contributed by atoms with Gasteiger partial charge in [0.05, 0.1) is 6.10 Å². The van der Waals surface area contributed by atoms with E-state index in [4.69, 9.17) is 9.47 Å². The van der Waals surface area contributed by atoms with E-state index in [0.717, 1.165) is 44.2 Å². The van der Waals surface area contributed by atoms with Crippen LogP contribution >= 0.6 is 0 Å². The van der Waals surface area contributed by atoms with Crippen molar-refractivity contribution in [3.8, 4) is 5.75 Å². The fraction of sp³-hybridized carbons (Fsp3) is 0.682. The van der Waals surface area contributed by atoms with Crippen molar-refractivity contribution in [2.24, 2.45) is 10.4 Å². The molecule has 0 atom stereocenters. The van der Waals surface area contributed by atoms with E-state index in [1.807, 2.05) is 33.0 Å². The maximum Gasteiger partial charge on any atom is 0.191 e. The lowest BCUT2D eigenvalue weighted by Gasteiger charge is -2.30. The van der Waals surface area contributed by atoms with Crippen LogP contribution in [0.4, 0.5) is 0 Å². The molecule has 0 saturated heterocycles. The summed E-state index contributed by atoms with van der Waals surface area (Å²) in [6.07, 6.45) is 7.51. The van der Waals surface area contributed by atoms with Crippen LogP contribution in [0.2, 0.25) is 0 Å². The molecule has 5 heteroatoms. The van der Waals surface area contributed by atoms with Crippen molar-refractivity contribution in [2.75, 3.05) is 33.9 Å². The Morgan fingerprint density at radius 2 is 1.85 bits per heavy atom. The van der Waals surface area contributed by atoms with Crippen molar-refractivity contribution >= 4 is 5.96 Å². The van der Waals surface area contributed by atoms with E-state index in [1.54, 1.807) is 7.11 Å². The Kier molecular flexibility index (Phi) is 8.92. The van der Waals surface area contributed by atoms with Gasteiger partial charge in [-0.05, 0) is 62.6 Å². The smallest absolute Gasteiger partial charge is 0.191 e. The third-order valence-electron chi connectivity index (χ3n) is 5.36. The molecule has 2 N–H and O–H groups in total. The zero-order valence-corrected chi connectivity index (χ0v) is 17.5. The standard InChI is InChI=1S/C22H37N3O2/c1-18(2)27-20-9-7-19(8-10-20)11-15-24-21(23-3)25-17-22(14-16-26-4)12-5-6-13-22/h7-10,18H,5-6,11-17H2,1-4H3,(H2,23,24,25). The molecule has 0 aromatic heterocycles. The molecule has 0 amide bonds. The molecule has 0 bridgehead atoms. The van der Waals surface area contributed by atoms with Crippen molar-refractivity contribution in [1.29, 1.82) is 0 Å². The molecular weight excluding hydrogens is 338 g/mol. The van der Waals surface area contributed by atoms with Crippen LogP contribution in [-0.2, 0) is 11.2 Å². The van der Waals surface area contributed by atoms with E-state index in [-0.39, 0.29) is 6.10 Å². The summed E-state index contributed by atoms with van der Waals surface area (Å²) < 4.78 is 11.0. The minimum atomic E-state index is 0.207. The molecule has 1 saturated carbocycles. The SMILES string of the molecule is CN=C(NCCc1ccc(OC(C)C)cc1)NCC1(CCOC)CCCC1. The van der Waals surface area contributed by atoms with Crippen molar-refractivity contribution in [2.45, 2.75) is 58.5 Å². The first kappa shape index (κ1) is 21.5. The summed E-state index contributed by atoms with van der Waals surface area (Å²) in [6.45, 7) is 6.75. The van der Waals surface area contributed by atoms with Crippen LogP contribution in [-0.4, -0.2) is 45.9 Å². The van der Waals surface area contributed by atoms with Crippen LogP contribution in [0.5, 0.6) is 5.75 Å². The van der Waals surface area contributed by atoms with Crippen molar-refractivity contribution < 1.29 is 9.47 Å². The highest BCUT2D eigenvalue weighted by molar-refractivity contribution is 5.79. The number of hydrogen-bond acceptors (Lipinski definition) is 3. The second-order valence-electron chi connectivity index (χ2n) is 7.86. The largest absolute Gasteiger partial charge is 0.491 e. The van der Waals surface area contributed by atoms with Crippen molar-refractivity contribution in [1.82, 2.24) is 10.6 Å². The number of nitrogens with one attached hydrogen (secondary N) is 2. The Balaban J connectivity index is 1.75. The normalized spacial score (nSPS) is 16.6. The molecule has 2 rings (SSSR count). The van der Waals surface area contributed by atoms with Gasteiger partial charge in [0.2, 0.25) is 0 Å². The number of benzene rings is 1. The Hall–Kier alpha value is -1.75. The van der Waals surface area contributed by atoms with Gasteiger partial charge < -0.3 is 20.1 Å². The number of ether oxygens (including phenoxy) is 2. The molecule has 1 fully saturated rings. The molecule has 27 heavy (non-hydrogen) atoms. The predicted octanol–water partition coefficient (Wildman–Crippen LogP) is 3.78. The maximum absolute atomic E-state index is 5.69. The minimum Gasteiger partial charge on any atom is -0.491 e. The van der Waals surface area contributed by atoms with Crippen molar-refractivity contribution in [3.63, 3.8) is 0 Å². The molecule has 152 valence electrons. The molecule has 5 nitrogen and oxygen atoms in total. The van der Waals surface area contributed by atoms with Gasteiger partial charge in [0.25, 0.3) is 0 Å². The number of methoxy groups -OCH3 is 1. The average Bonchev–Trinajstić information content (AvgIpc) is 3.13. The van der Waals surface area contributed by atoms with Gasteiger partial charge in [-0.3, -0.25) is 4.99 Å². The second kappa shape index (κ2) is 11.2. The summed E-state index contributed by atoms with van der Waals surface area (Å²) in [5.74, 6) is 1.82. The molecule has 1 aliphatic carbocycles. The topological polar surface area (TPSA) is 54.9 Å². The molecule has 1 aliphatic rings. The zero-order valence-electron chi connectivity index (χ0n) is 17.5. The van der Waals surface area contributed by atoms with E-state index in [0.29, 0.717) is 5.41 Å². The van der Waals surface area contributed by atoms with Crippen LogP contribution in [0.15, 0.2) is 29.3 Å². The average molecular weight is 376 g/mol. The lowest BCUT2D eigenvalue weighted by atomic mass is 9.83. The van der Waals surface area contributed by atoms with E-state index in [9.17, 15) is 0 Å². The fourth-order valence-electron chi connectivity index (χ4n) is 3.78. The van der Waals surface area contributed by atoms with Crippen LogP contribution in [0.3, 0.4) is 0 Å². The molecule has 0 spiro atoms. The Bertz CT molecular complexity index is 563. The van der Waals surface area contributed by atoms with Crippen LogP contribution in [0.1, 0.15) is 51.5 Å². The number of guanidine groups is 1. The van der Waals surface area contributed by atoms with Gasteiger partial charge in [0, 0.05) is 33.9 Å². The Morgan fingerprint density at radius 1 is 1.15 bits per heavy atom. The molecule has 0 unspecified atom stereocenters. The van der Waals surface area contributed by atoms with Gasteiger partial charge in [-0.2, -0.15) is 0 Å². The highest BCUT2D eigenvalue weighted by Crippen LogP contribution is 2.40. The van der Waals surface area contributed by atoms with Crippen LogP contribution in [0, 0.1) is 5.41 Å². The van der Waals surface area contributed by atoms with Gasteiger partial charge in [0.15, 0.2) is 5.96 Å². The Morgan fingerprint density at radius 3 is 2.44 bits per heavy atom. The first-order valence-electron chi connectivity index (χ1n) is 10.3. The molecule has 1 aromatic carbocycles. The molecule has 0 radical (unpaired) electrons. The summed E-state index contributed by atoms with van der Waals surface area (Å²) in [4.78, 5) is 4.38. The third-order valence-corrected chi connectivity index (χ3v) is 5.36. The van der Waals surface area contributed by atoms with Crippen LogP contribution in [0.25, 0.3) is 0 Å². The molecule has 0 aliphatic heterocycles. The Labute approximate surface area is 164 Å². The molecule has 1 aromatic rings. The lowest BCUT2D eigenvalue weighted by molar-refractivity contribution is 0.138. The minimum absolute atomic E-state index is 0.207. The third kappa shape index (κ3) is 7.41. The quantitative estimate of drug-likeness (QED) is 0.483. The summed E-state index contributed by atoms with van der Waals surface area (Å²) in [7, 11) is 3.63. The first-order valence-corrected chi connectivity index (χ1v) is 10.3. The number of aliphatic imine (C=N–C) groups is 1. The summed E-state index contributed by atoms with van der Waals surface area (Å²) in [5.41, 5.74) is 1.65. The van der Waals surface area contributed by atoms with E-state index < -0.39 is 0 Å². The summed E-state index contributed by atoms with van der Waals surface area (Å²) in [5, 5.41) is 6.98. The van der Waals surface area contributed by atoms with E-state index in [2.05, 4.69) is 27.8 Å². The van der Waals surface area contributed by atoms with Crippen molar-refractivity contribution in [3.05, 3.63) is 29.8 Å². The molecule has 0 heterocycles. The fourth-order valence-corrected chi connectivity index (χ4v) is 3.78. The maximum atomic E-state index is 5.69. The lowest BCUT2D eigenvalue weighted by Crippen LogP contribution is -2.43. The van der Waals surface area contributed by atoms with E-state index in [1.165, 1.54) is 31.2 Å². The van der Waals surface area contributed by atoms with Crippen LogP contribution < -0.4 is 15.4 Å². The summed E-state index contributed by atoms with van der Waals surface area (Å²) in [6, 6.07) is 8.35. The van der Waals surface area contributed by atoms with Gasteiger partial charge in [-0.15, -0.1) is 0 Å². The van der Waals surface area contributed by atoms with Gasteiger partial charge in [-0.25, -0.2) is 0 Å². The number of rotatable bonds is 10. The zero-order chi connectivity index (χ0) is 19.5. The number of hydrogen-bond donors (Lipinski definition) is 2. The monoisotopic (exact) mass is 375 g/mol. The number of nitrogens with zero attached hydrogens (tertiary/aromatic N) is 1. The first-order chi connectivity index (χ1) is 13.1. The van der Waals surface area contributed by atoms with Gasteiger partial charge in [-0.1, -0.05) is 25.0 Å². The molecular formula is C22H37N3O2. The van der Waals surface area contributed by atoms with Gasteiger partial charge >= 0.3 is 0 Å². The van der Waals surface area contributed by atoms with E-state index >= 15 is 0 Å². The second-order valence-corrected chi connectivity index (χ2v) is 7.86. The highest BCUT2D eigenvalue weighted by Gasteiger charge is 2.33. The highest BCUT2D eigenvalue weighted by atomic mass is 16.5.